The van der Waals surface area contributed by atoms with Gasteiger partial charge >= 0.3 is 0 Å². The Kier molecular flexibility index (Phi) is 6.05. The number of benzene rings is 2. The van der Waals surface area contributed by atoms with Crippen LogP contribution in [0, 0.1) is 0 Å². The summed E-state index contributed by atoms with van der Waals surface area (Å²) >= 11 is 0. The van der Waals surface area contributed by atoms with Crippen LogP contribution in [0.15, 0.2) is 49.1 Å². The molecule has 4 atom stereocenters. The van der Waals surface area contributed by atoms with Crippen LogP contribution in [0.4, 0.5) is 5.82 Å². The van der Waals surface area contributed by atoms with Gasteiger partial charge in [0, 0.05) is 16.7 Å². The van der Waals surface area contributed by atoms with E-state index in [1.807, 2.05) is 0 Å². The van der Waals surface area contributed by atoms with E-state index in [0.717, 1.165) is 0 Å². The lowest BCUT2D eigenvalue weighted by Crippen LogP contribution is -2.33. The first kappa shape index (κ1) is 24.3. The number of fused-ring (bicyclic) bond motifs is 3. The van der Waals surface area contributed by atoms with Crippen molar-refractivity contribution in [1.82, 2.24) is 19.5 Å². The zero-order valence-corrected chi connectivity index (χ0v) is 19.0. The van der Waals surface area contributed by atoms with Crippen molar-refractivity contribution in [2.75, 3.05) is 12.3 Å². The van der Waals surface area contributed by atoms with Crippen molar-refractivity contribution in [3.05, 3.63) is 71.3 Å². The van der Waals surface area contributed by atoms with Gasteiger partial charge in [-0.3, -0.25) is 14.2 Å². The molecule has 1 saturated heterocycles. The molecule has 0 spiro atoms. The number of phenols is 2. The number of rotatable bonds is 2. The highest BCUT2D eigenvalue weighted by Crippen LogP contribution is 2.37. The number of phenolic OH excluding ortho intramolecular Hbond substituents is 2. The highest BCUT2D eigenvalue weighted by Gasteiger charge is 2.44. The number of carbonyl (C=O) groups is 2. The molecule has 2 aromatic carbocycles. The maximum absolute atomic E-state index is 12.2. The lowest BCUT2D eigenvalue weighted by atomic mass is 9.83. The molecule has 1 aliphatic heterocycles. The number of nitrogens with zero attached hydrogens (tertiary/aromatic N) is 4. The van der Waals surface area contributed by atoms with E-state index in [-0.39, 0.29) is 28.3 Å². The average molecular weight is 507 g/mol. The van der Waals surface area contributed by atoms with Gasteiger partial charge in [0.2, 0.25) is 0 Å². The third-order valence-corrected chi connectivity index (χ3v) is 6.22. The average Bonchev–Trinajstić information content (AvgIpc) is 3.46. The predicted molar refractivity (Wildman–Crippen MR) is 126 cm³/mol. The van der Waals surface area contributed by atoms with Crippen LogP contribution in [0.3, 0.4) is 0 Å². The van der Waals surface area contributed by atoms with Gasteiger partial charge < -0.3 is 36.0 Å². The van der Waals surface area contributed by atoms with Crippen LogP contribution in [-0.2, 0) is 4.74 Å². The van der Waals surface area contributed by atoms with Gasteiger partial charge in [-0.05, 0) is 12.1 Å². The molecule has 37 heavy (non-hydrogen) atoms. The number of hydrogen-bond acceptors (Lipinski definition) is 12. The minimum Gasteiger partial charge on any atom is -0.504 e. The van der Waals surface area contributed by atoms with Gasteiger partial charge in [-0.1, -0.05) is 24.3 Å². The second-order valence-electron chi connectivity index (χ2n) is 8.37. The fourth-order valence-corrected chi connectivity index (χ4v) is 4.32. The number of nitrogens with two attached hydrogens (primary N) is 1. The lowest BCUT2D eigenvalue weighted by molar-refractivity contribution is -0.0511. The zero-order chi connectivity index (χ0) is 26.4. The Bertz CT molecular complexity index is 1540. The summed E-state index contributed by atoms with van der Waals surface area (Å²) in [5, 5.41) is 47.9. The number of aliphatic hydroxyl groups is 3. The van der Waals surface area contributed by atoms with Crippen LogP contribution in [0.2, 0.25) is 0 Å². The largest absolute Gasteiger partial charge is 0.504 e. The van der Waals surface area contributed by atoms with Crippen LogP contribution in [0.25, 0.3) is 11.2 Å². The predicted octanol–water partition coefficient (Wildman–Crippen LogP) is -0.107. The second-order valence-corrected chi connectivity index (χ2v) is 8.37. The first-order chi connectivity index (χ1) is 17.7. The normalized spacial score (nSPS) is 22.4. The standard InChI is InChI=1S/C14H8O4.C10H13N5O4/c15-10-6-5-9-11(14(10)18)13(17)8-4-2-1-3-7(8)12(9)16;11-8-5-9(13-2-12-8)15(3-14-5)10-7(18)6(17)4(1-16)19-10/h1-6,15,18H;2-4,6-7,10,16-18H,1H2,(H2,11,12,13)/t;4-,6-,7-,10-/m.1/s1. The molecule has 0 bridgehead atoms. The summed E-state index contributed by atoms with van der Waals surface area (Å²) in [6.07, 6.45) is -1.42. The molecule has 190 valence electrons. The van der Waals surface area contributed by atoms with Crippen molar-refractivity contribution < 1.29 is 39.9 Å². The molecule has 13 heteroatoms. The number of ketones is 2. The number of hydrogen-bond donors (Lipinski definition) is 6. The van der Waals surface area contributed by atoms with Crippen LogP contribution < -0.4 is 5.73 Å². The van der Waals surface area contributed by atoms with Crippen LogP contribution in [-0.4, -0.2) is 81.5 Å². The summed E-state index contributed by atoms with van der Waals surface area (Å²) in [6, 6.07) is 8.97. The number of carbonyl (C=O) groups excluding carboxylic acids is 2. The Balaban J connectivity index is 0.000000152. The van der Waals surface area contributed by atoms with Crippen molar-refractivity contribution in [2.45, 2.75) is 24.5 Å². The van der Waals surface area contributed by atoms with Gasteiger partial charge in [-0.25, -0.2) is 15.0 Å². The van der Waals surface area contributed by atoms with E-state index in [0.29, 0.717) is 16.7 Å². The maximum Gasteiger partial charge on any atom is 0.198 e. The van der Waals surface area contributed by atoms with E-state index in [1.54, 1.807) is 18.2 Å². The number of aromatic hydroxyl groups is 2. The van der Waals surface area contributed by atoms with E-state index in [4.69, 9.17) is 15.6 Å². The van der Waals surface area contributed by atoms with Gasteiger partial charge in [0.05, 0.1) is 18.5 Å². The van der Waals surface area contributed by atoms with Crippen molar-refractivity contribution in [3.8, 4) is 11.5 Å². The maximum atomic E-state index is 12.2. The first-order valence-electron chi connectivity index (χ1n) is 11.0. The highest BCUT2D eigenvalue weighted by molar-refractivity contribution is 6.29. The Morgan fingerprint density at radius 3 is 2.30 bits per heavy atom. The first-order valence-corrected chi connectivity index (χ1v) is 11.0. The number of aliphatic hydroxyl groups excluding tert-OH is 3. The molecule has 2 aromatic heterocycles. The van der Waals surface area contributed by atoms with Crippen molar-refractivity contribution in [1.29, 1.82) is 0 Å². The molecule has 1 fully saturated rings. The summed E-state index contributed by atoms with van der Waals surface area (Å²) in [5.41, 5.74) is 7.00. The molecule has 2 aliphatic rings. The summed E-state index contributed by atoms with van der Waals surface area (Å²) in [7, 11) is 0. The summed E-state index contributed by atoms with van der Waals surface area (Å²) in [5.74, 6) is -1.51. The van der Waals surface area contributed by atoms with Crippen molar-refractivity contribution in [3.63, 3.8) is 0 Å². The fourth-order valence-electron chi connectivity index (χ4n) is 4.32. The van der Waals surface area contributed by atoms with Crippen LogP contribution in [0.1, 0.15) is 38.1 Å². The van der Waals surface area contributed by atoms with E-state index in [9.17, 15) is 30.0 Å². The van der Waals surface area contributed by atoms with E-state index >= 15 is 0 Å². The number of imidazole rings is 1. The summed E-state index contributed by atoms with van der Waals surface area (Å²) in [4.78, 5) is 36.3. The molecule has 0 amide bonds. The van der Waals surface area contributed by atoms with Crippen LogP contribution >= 0.6 is 0 Å². The number of nitrogen functional groups attached to an aromatic ring is 1. The molecule has 4 aromatic rings. The third kappa shape index (κ3) is 3.86. The molecule has 0 radical (unpaired) electrons. The highest BCUT2D eigenvalue weighted by atomic mass is 16.6. The minimum absolute atomic E-state index is 0.119. The zero-order valence-electron chi connectivity index (χ0n) is 19.0. The molecule has 0 unspecified atom stereocenters. The van der Waals surface area contributed by atoms with Crippen molar-refractivity contribution >= 4 is 28.5 Å². The Hall–Kier alpha value is -4.43. The van der Waals surface area contributed by atoms with Crippen molar-refractivity contribution in [2.24, 2.45) is 0 Å². The number of aromatic nitrogens is 4. The quantitative estimate of drug-likeness (QED) is 0.173. The molecule has 0 saturated carbocycles. The Morgan fingerprint density at radius 2 is 1.62 bits per heavy atom. The van der Waals surface area contributed by atoms with Gasteiger partial charge in [-0.2, -0.15) is 0 Å². The van der Waals surface area contributed by atoms with E-state index in [1.165, 1.54) is 35.4 Å². The molecule has 13 nitrogen and oxygen atoms in total. The van der Waals surface area contributed by atoms with Gasteiger partial charge in [0.15, 0.2) is 40.8 Å². The number of anilines is 1. The summed E-state index contributed by atoms with van der Waals surface area (Å²) < 4.78 is 6.85. The van der Waals surface area contributed by atoms with E-state index < -0.39 is 48.4 Å². The molecule has 3 heterocycles. The monoisotopic (exact) mass is 507 g/mol. The third-order valence-electron chi connectivity index (χ3n) is 6.22. The van der Waals surface area contributed by atoms with Gasteiger partial charge in [0.25, 0.3) is 0 Å². The minimum atomic E-state index is -1.19. The molecular formula is C24H21N5O8. The number of ether oxygens (including phenoxy) is 1. The smallest absolute Gasteiger partial charge is 0.198 e. The van der Waals surface area contributed by atoms with E-state index in [2.05, 4.69) is 15.0 Å². The molecular weight excluding hydrogens is 486 g/mol. The SMILES string of the molecule is Nc1ncnc2c1ncn2[C@@H]1O[C@H](CO)[C@@H](O)[C@H]1O.O=C1c2ccccc2C(=O)c2c1ccc(O)c2O. The molecule has 6 rings (SSSR count). The Morgan fingerprint density at radius 1 is 0.919 bits per heavy atom. The Labute approximate surface area is 208 Å². The van der Waals surface area contributed by atoms with Gasteiger partial charge in [-0.15, -0.1) is 0 Å². The van der Waals surface area contributed by atoms with Gasteiger partial charge in [0.1, 0.15) is 30.2 Å². The summed E-state index contributed by atoms with van der Waals surface area (Å²) in [6.45, 7) is -0.390. The lowest BCUT2D eigenvalue weighted by Gasteiger charge is -2.18. The topological polar surface area (TPSA) is 214 Å². The molecule has 7 N–H and O–H groups in total. The fraction of sp³-hybridized carbons (Fsp3) is 0.208. The van der Waals surface area contributed by atoms with Crippen LogP contribution in [0.5, 0.6) is 11.5 Å². The second kappa shape index (κ2) is 9.22. The molecule has 1 aliphatic carbocycles.